The molecule has 6 rings (SSSR count). The number of para-hydroxylation sites is 1. The average molecular weight is 480 g/mol. The summed E-state index contributed by atoms with van der Waals surface area (Å²) >= 11 is 0. The molecule has 0 radical (unpaired) electrons. The number of benzene rings is 3. The fourth-order valence-electron chi connectivity index (χ4n) is 5.09. The molecule has 1 N–H and O–H groups in total. The van der Waals surface area contributed by atoms with Gasteiger partial charge in [0.1, 0.15) is 22.7 Å². The first-order valence-electron chi connectivity index (χ1n) is 12.2. The maximum absolute atomic E-state index is 6.04. The molecule has 7 heteroatoms. The maximum atomic E-state index is 6.04. The van der Waals surface area contributed by atoms with E-state index in [1.54, 1.807) is 7.11 Å². The lowest BCUT2D eigenvalue weighted by Gasteiger charge is -2.48. The maximum Gasteiger partial charge on any atom is 0.227 e. The molecule has 1 saturated heterocycles. The number of methoxy groups -OCH3 is 1. The molecule has 3 aromatic carbocycles. The molecule has 0 amide bonds. The van der Waals surface area contributed by atoms with E-state index >= 15 is 0 Å². The third kappa shape index (κ3) is 4.06. The molecule has 36 heavy (non-hydrogen) atoms. The number of piperazine rings is 1. The van der Waals surface area contributed by atoms with Crippen LogP contribution in [0.4, 0.5) is 23.1 Å². The Balaban J connectivity index is 1.20. The lowest BCUT2D eigenvalue weighted by atomic mass is 9.98. The third-order valence-electron chi connectivity index (χ3n) is 6.86. The van der Waals surface area contributed by atoms with Gasteiger partial charge < -0.3 is 24.3 Å². The molecule has 1 aliphatic heterocycles. The molecule has 0 saturated carbocycles. The summed E-state index contributed by atoms with van der Waals surface area (Å²) in [6.45, 7) is 7.04. The monoisotopic (exact) mass is 479 g/mol. The van der Waals surface area contributed by atoms with Gasteiger partial charge in [0.2, 0.25) is 5.95 Å². The Bertz CT molecular complexity index is 1530. The Hall–Kier alpha value is -4.26. The van der Waals surface area contributed by atoms with Gasteiger partial charge in [-0.05, 0) is 62.4 Å². The normalized spacial score (nSPS) is 15.4. The Kier molecular flexibility index (Phi) is 5.40. The standard InChI is InChI=1S/C29H29N5O2/c1-29(2)19-33(16-17-34(29)21-9-11-22(35-3)12-10-21)28-30-15-14-27(32-28)31-20-8-13-24-23-6-4-5-7-25(23)36-26(24)18-20/h4-15,18H,16-17,19H2,1-3H3,(H,30,31,32). The van der Waals surface area contributed by atoms with Crippen molar-refractivity contribution in [1.29, 1.82) is 0 Å². The fourth-order valence-corrected chi connectivity index (χ4v) is 5.09. The second-order valence-electron chi connectivity index (χ2n) is 9.76. The molecule has 3 heterocycles. The first-order chi connectivity index (χ1) is 17.5. The van der Waals surface area contributed by atoms with Gasteiger partial charge in [0, 0.05) is 54.0 Å². The van der Waals surface area contributed by atoms with Crippen LogP contribution in [0.15, 0.2) is 83.4 Å². The number of hydrogen-bond donors (Lipinski definition) is 1. The van der Waals surface area contributed by atoms with Crippen LogP contribution < -0.4 is 19.9 Å². The number of ether oxygens (including phenoxy) is 1. The molecule has 0 bridgehead atoms. The smallest absolute Gasteiger partial charge is 0.227 e. The van der Waals surface area contributed by atoms with Crippen LogP contribution in [-0.4, -0.2) is 42.3 Å². The quantitative estimate of drug-likeness (QED) is 0.320. The van der Waals surface area contributed by atoms with Gasteiger partial charge in [-0.3, -0.25) is 0 Å². The van der Waals surface area contributed by atoms with Gasteiger partial charge in [-0.15, -0.1) is 0 Å². The average Bonchev–Trinajstić information content (AvgIpc) is 3.26. The van der Waals surface area contributed by atoms with Crippen molar-refractivity contribution >= 4 is 45.1 Å². The van der Waals surface area contributed by atoms with Crippen molar-refractivity contribution < 1.29 is 9.15 Å². The van der Waals surface area contributed by atoms with Gasteiger partial charge in [0.25, 0.3) is 0 Å². The second-order valence-corrected chi connectivity index (χ2v) is 9.76. The summed E-state index contributed by atoms with van der Waals surface area (Å²) in [5, 5.41) is 5.66. The predicted molar refractivity (Wildman–Crippen MR) is 146 cm³/mol. The molecule has 1 aliphatic rings. The van der Waals surface area contributed by atoms with Crippen molar-refractivity contribution in [2.75, 3.05) is 41.9 Å². The first-order valence-corrected chi connectivity index (χ1v) is 12.2. The molecule has 0 aliphatic carbocycles. The molecular weight excluding hydrogens is 450 g/mol. The molecule has 1 fully saturated rings. The minimum Gasteiger partial charge on any atom is -0.497 e. The van der Waals surface area contributed by atoms with Crippen LogP contribution in [0, 0.1) is 0 Å². The first kappa shape index (κ1) is 22.2. The molecular formula is C29H29N5O2. The van der Waals surface area contributed by atoms with Crippen molar-refractivity contribution in [3.63, 3.8) is 0 Å². The fraction of sp³-hybridized carbons (Fsp3) is 0.241. The van der Waals surface area contributed by atoms with Gasteiger partial charge in [-0.1, -0.05) is 18.2 Å². The highest BCUT2D eigenvalue weighted by Crippen LogP contribution is 2.32. The highest BCUT2D eigenvalue weighted by molar-refractivity contribution is 6.05. The Morgan fingerprint density at radius 1 is 0.917 bits per heavy atom. The summed E-state index contributed by atoms with van der Waals surface area (Å²) < 4.78 is 11.4. The summed E-state index contributed by atoms with van der Waals surface area (Å²) in [4.78, 5) is 14.1. The van der Waals surface area contributed by atoms with Crippen LogP contribution in [-0.2, 0) is 0 Å². The zero-order chi connectivity index (χ0) is 24.7. The van der Waals surface area contributed by atoms with Crippen LogP contribution in [0.1, 0.15) is 13.8 Å². The Morgan fingerprint density at radius 2 is 1.72 bits per heavy atom. The molecule has 0 atom stereocenters. The SMILES string of the molecule is COc1ccc(N2CCN(c3nccc(Nc4ccc5c(c4)oc4ccccc45)n3)CC2(C)C)cc1. The van der Waals surface area contributed by atoms with Gasteiger partial charge in [0.05, 0.1) is 12.6 Å². The van der Waals surface area contributed by atoms with Crippen molar-refractivity contribution in [2.45, 2.75) is 19.4 Å². The summed E-state index contributed by atoms with van der Waals surface area (Å²) in [6, 6.07) is 24.4. The number of aromatic nitrogens is 2. The number of nitrogens with zero attached hydrogens (tertiary/aromatic N) is 4. The largest absolute Gasteiger partial charge is 0.497 e. The van der Waals surface area contributed by atoms with E-state index in [1.807, 2.05) is 48.7 Å². The van der Waals surface area contributed by atoms with Crippen molar-refractivity contribution in [2.24, 2.45) is 0 Å². The predicted octanol–water partition coefficient (Wildman–Crippen LogP) is 6.23. The van der Waals surface area contributed by atoms with Gasteiger partial charge in [-0.2, -0.15) is 4.98 Å². The van der Waals surface area contributed by atoms with Crippen molar-refractivity contribution in [1.82, 2.24) is 9.97 Å². The third-order valence-corrected chi connectivity index (χ3v) is 6.86. The summed E-state index contributed by atoms with van der Waals surface area (Å²) in [5.74, 6) is 2.35. The van der Waals surface area contributed by atoms with E-state index in [1.165, 1.54) is 5.69 Å². The van der Waals surface area contributed by atoms with Crippen LogP contribution in [0.3, 0.4) is 0 Å². The number of nitrogens with one attached hydrogen (secondary N) is 1. The zero-order valence-electron chi connectivity index (χ0n) is 20.7. The van der Waals surface area contributed by atoms with E-state index in [4.69, 9.17) is 14.1 Å². The Morgan fingerprint density at radius 3 is 2.53 bits per heavy atom. The summed E-state index contributed by atoms with van der Waals surface area (Å²) in [7, 11) is 1.69. The number of hydrogen-bond acceptors (Lipinski definition) is 7. The van der Waals surface area contributed by atoms with Crippen LogP contribution in [0.25, 0.3) is 21.9 Å². The number of furan rings is 1. The minimum absolute atomic E-state index is 0.0913. The van der Waals surface area contributed by atoms with Crippen molar-refractivity contribution in [3.8, 4) is 5.75 Å². The van der Waals surface area contributed by atoms with E-state index in [2.05, 4.69) is 64.3 Å². The van der Waals surface area contributed by atoms with Gasteiger partial charge in [0.15, 0.2) is 0 Å². The minimum atomic E-state index is -0.0913. The number of anilines is 4. The molecule has 2 aromatic heterocycles. The van der Waals surface area contributed by atoms with E-state index in [0.717, 1.165) is 64.8 Å². The highest BCUT2D eigenvalue weighted by Gasteiger charge is 2.35. The molecule has 0 unspecified atom stereocenters. The zero-order valence-corrected chi connectivity index (χ0v) is 20.7. The summed E-state index contributed by atoms with van der Waals surface area (Å²) in [5.41, 5.74) is 3.78. The van der Waals surface area contributed by atoms with E-state index < -0.39 is 0 Å². The lowest BCUT2D eigenvalue weighted by molar-refractivity contribution is 0.408. The van der Waals surface area contributed by atoms with Crippen LogP contribution in [0.5, 0.6) is 5.75 Å². The number of fused-ring (bicyclic) bond motifs is 3. The van der Waals surface area contributed by atoms with E-state index in [0.29, 0.717) is 0 Å². The molecule has 182 valence electrons. The topological polar surface area (TPSA) is 66.7 Å². The van der Waals surface area contributed by atoms with Gasteiger partial charge in [-0.25, -0.2) is 4.98 Å². The number of rotatable bonds is 5. The molecule has 0 spiro atoms. The highest BCUT2D eigenvalue weighted by atomic mass is 16.5. The van der Waals surface area contributed by atoms with Crippen LogP contribution >= 0.6 is 0 Å². The summed E-state index contributed by atoms with van der Waals surface area (Å²) in [6.07, 6.45) is 1.81. The van der Waals surface area contributed by atoms with Crippen LogP contribution in [0.2, 0.25) is 0 Å². The lowest BCUT2D eigenvalue weighted by Crippen LogP contribution is -2.60. The van der Waals surface area contributed by atoms with E-state index in [9.17, 15) is 0 Å². The molecule has 5 aromatic rings. The Labute approximate surface area is 210 Å². The van der Waals surface area contributed by atoms with E-state index in [-0.39, 0.29) is 5.54 Å². The van der Waals surface area contributed by atoms with Crippen molar-refractivity contribution in [3.05, 3.63) is 79.0 Å². The molecule has 7 nitrogen and oxygen atoms in total. The van der Waals surface area contributed by atoms with Gasteiger partial charge >= 0.3 is 0 Å². The second kappa shape index (κ2) is 8.75.